The van der Waals surface area contributed by atoms with Crippen molar-refractivity contribution in [1.29, 1.82) is 0 Å². The molecule has 58 valence electrons. The molecule has 0 radical (unpaired) electrons. The fourth-order valence-corrected chi connectivity index (χ4v) is 1.08. The van der Waals surface area contributed by atoms with Gasteiger partial charge in [0.25, 0.3) is 0 Å². The average molecular weight is 154 g/mol. The van der Waals surface area contributed by atoms with Crippen molar-refractivity contribution in [1.82, 2.24) is 15.2 Å². The molecule has 0 aromatic carbocycles. The van der Waals surface area contributed by atoms with E-state index in [4.69, 9.17) is 0 Å². The number of rotatable bonds is 1. The lowest BCUT2D eigenvalue weighted by atomic mass is 10.5. The first-order valence-corrected chi connectivity index (χ1v) is 3.23. The van der Waals surface area contributed by atoms with Crippen LogP contribution in [-0.4, -0.2) is 22.2 Å². The maximum absolute atomic E-state index is 12.6. The number of hydrogen-bond donors (Lipinski definition) is 0. The van der Waals surface area contributed by atoms with Crippen LogP contribution in [0.15, 0.2) is 6.33 Å². The highest BCUT2D eigenvalue weighted by Gasteiger charge is 2.37. The van der Waals surface area contributed by atoms with Crippen molar-refractivity contribution in [2.24, 2.45) is 0 Å². The van der Waals surface area contributed by atoms with E-state index >= 15 is 0 Å². The van der Waals surface area contributed by atoms with Crippen LogP contribution in [0.2, 0.25) is 0 Å². The molecule has 0 saturated carbocycles. The fourth-order valence-electron chi connectivity index (χ4n) is 1.08. The Morgan fingerprint density at radius 1 is 1.55 bits per heavy atom. The van der Waals surface area contributed by atoms with Gasteiger partial charge in [-0.25, -0.2) is 15.0 Å². The molecular formula is C6H7FN4. The van der Waals surface area contributed by atoms with Gasteiger partial charge in [0.1, 0.15) is 12.0 Å². The van der Waals surface area contributed by atoms with E-state index in [1.165, 1.54) is 18.4 Å². The summed E-state index contributed by atoms with van der Waals surface area (Å²) < 4.78 is 12.6. The van der Waals surface area contributed by atoms with E-state index in [1.807, 2.05) is 6.92 Å². The van der Waals surface area contributed by atoms with Crippen molar-refractivity contribution in [3.63, 3.8) is 0 Å². The highest BCUT2D eigenvalue weighted by molar-refractivity contribution is 5.89. The first-order valence-electron chi connectivity index (χ1n) is 3.23. The Balaban J connectivity index is 2.37. The molecule has 11 heavy (non-hydrogen) atoms. The van der Waals surface area contributed by atoms with Gasteiger partial charge >= 0.3 is 0 Å². The van der Waals surface area contributed by atoms with Crippen molar-refractivity contribution in [2.75, 3.05) is 12.1 Å². The molecule has 5 heteroatoms. The Hall–Kier alpha value is -1.23. The molecule has 0 fully saturated rings. The van der Waals surface area contributed by atoms with Crippen molar-refractivity contribution >= 4 is 11.5 Å². The van der Waals surface area contributed by atoms with Gasteiger partial charge in [0.05, 0.1) is 5.69 Å². The quantitative estimate of drug-likeness (QED) is 0.445. The van der Waals surface area contributed by atoms with Gasteiger partial charge in [0, 0.05) is 7.05 Å². The first-order chi connectivity index (χ1) is 5.22. The van der Waals surface area contributed by atoms with E-state index in [0.29, 0.717) is 11.0 Å². The van der Waals surface area contributed by atoms with Crippen LogP contribution in [0, 0.1) is 6.92 Å². The monoisotopic (exact) mass is 154 g/mol. The van der Waals surface area contributed by atoms with Crippen molar-refractivity contribution in [2.45, 2.75) is 6.92 Å². The molecule has 1 aromatic rings. The molecule has 0 amide bonds. The Morgan fingerprint density at radius 2 is 2.27 bits per heavy atom. The molecule has 1 aliphatic rings. The van der Waals surface area contributed by atoms with Crippen LogP contribution in [0.25, 0.3) is 0 Å². The SMILES string of the molecule is Cc1ncnc2c1N2N(C)F. The second kappa shape index (κ2) is 1.88. The number of aryl methyl sites for hydroxylation is 1. The van der Waals surface area contributed by atoms with E-state index in [2.05, 4.69) is 9.97 Å². The van der Waals surface area contributed by atoms with Crippen LogP contribution >= 0.6 is 0 Å². The molecule has 0 atom stereocenters. The summed E-state index contributed by atoms with van der Waals surface area (Å²) in [5, 5.41) is 1.86. The van der Waals surface area contributed by atoms with Gasteiger partial charge < -0.3 is 0 Å². The van der Waals surface area contributed by atoms with Gasteiger partial charge in [-0.2, -0.15) is 0 Å². The van der Waals surface area contributed by atoms with Gasteiger partial charge in [0.15, 0.2) is 5.82 Å². The van der Waals surface area contributed by atoms with Gasteiger partial charge in [-0.3, -0.25) is 0 Å². The van der Waals surface area contributed by atoms with Crippen LogP contribution in [0.4, 0.5) is 16.0 Å². The summed E-state index contributed by atoms with van der Waals surface area (Å²) in [6.07, 6.45) is 1.43. The third kappa shape index (κ3) is 0.775. The molecule has 0 unspecified atom stereocenters. The molecule has 4 nitrogen and oxygen atoms in total. The predicted molar refractivity (Wildman–Crippen MR) is 37.8 cm³/mol. The molecule has 1 aromatic heterocycles. The van der Waals surface area contributed by atoms with Crippen molar-refractivity contribution < 1.29 is 4.48 Å². The van der Waals surface area contributed by atoms with E-state index in [0.717, 1.165) is 11.4 Å². The van der Waals surface area contributed by atoms with E-state index in [-0.39, 0.29) is 0 Å². The standard InChI is InChI=1S/C6H7FN4/c1-4-5-6(9-3-8-4)11(5)10(2)7/h3H,1-2H3. The summed E-state index contributed by atoms with van der Waals surface area (Å²) in [4.78, 5) is 7.79. The fraction of sp³-hybridized carbons (Fsp3) is 0.333. The van der Waals surface area contributed by atoms with E-state index < -0.39 is 0 Å². The average Bonchev–Trinajstić information content (AvgIpc) is 2.62. The second-order valence-corrected chi connectivity index (χ2v) is 2.39. The van der Waals surface area contributed by atoms with Crippen LogP contribution in [0.5, 0.6) is 0 Å². The van der Waals surface area contributed by atoms with Gasteiger partial charge in [-0.15, -0.1) is 4.48 Å². The molecule has 0 aliphatic carbocycles. The summed E-state index contributed by atoms with van der Waals surface area (Å²) in [7, 11) is 1.32. The Kier molecular flexibility index (Phi) is 1.11. The number of fused-ring (bicyclic) bond motifs is 1. The normalized spacial score (nSPS) is 13.6. The van der Waals surface area contributed by atoms with Crippen LogP contribution in [-0.2, 0) is 0 Å². The van der Waals surface area contributed by atoms with Crippen molar-refractivity contribution in [3.05, 3.63) is 12.0 Å². The third-order valence-corrected chi connectivity index (χ3v) is 1.62. The molecule has 2 heterocycles. The van der Waals surface area contributed by atoms with E-state index in [1.54, 1.807) is 0 Å². The largest absolute Gasteiger partial charge is 0.239 e. The number of hydrogen-bond acceptors (Lipinski definition) is 4. The summed E-state index contributed by atoms with van der Waals surface area (Å²) >= 11 is 0. The Bertz CT molecular complexity index is 299. The number of nitrogens with zero attached hydrogens (tertiary/aromatic N) is 4. The topological polar surface area (TPSA) is 32.0 Å². The summed E-state index contributed by atoms with van der Waals surface area (Å²) in [6.45, 7) is 1.82. The molecule has 2 rings (SSSR count). The van der Waals surface area contributed by atoms with Crippen LogP contribution < -0.4 is 5.01 Å². The Labute approximate surface area is 63.2 Å². The summed E-state index contributed by atoms with van der Waals surface area (Å²) in [6, 6.07) is 0. The van der Waals surface area contributed by atoms with Gasteiger partial charge in [-0.05, 0) is 6.92 Å². The minimum Gasteiger partial charge on any atom is -0.239 e. The molecule has 0 saturated heterocycles. The van der Waals surface area contributed by atoms with Crippen LogP contribution in [0.3, 0.4) is 0 Å². The molecular weight excluding hydrogens is 147 g/mol. The number of halogens is 1. The zero-order valence-corrected chi connectivity index (χ0v) is 6.24. The van der Waals surface area contributed by atoms with Gasteiger partial charge in [-0.1, -0.05) is 5.23 Å². The number of aromatic nitrogens is 2. The molecule has 0 N–H and O–H groups in total. The predicted octanol–water partition coefficient (Wildman–Crippen LogP) is 0.968. The lowest BCUT2D eigenvalue weighted by Gasteiger charge is -2.03. The third-order valence-electron chi connectivity index (χ3n) is 1.62. The minimum atomic E-state index is 0.492. The highest BCUT2D eigenvalue weighted by atomic mass is 19.2. The molecule has 0 bridgehead atoms. The smallest absolute Gasteiger partial charge is 0.179 e. The minimum absolute atomic E-state index is 0.492. The Morgan fingerprint density at radius 3 is 2.82 bits per heavy atom. The summed E-state index contributed by atoms with van der Waals surface area (Å²) in [5.74, 6) is 0.655. The van der Waals surface area contributed by atoms with E-state index in [9.17, 15) is 4.48 Å². The number of hydrazine groups is 1. The molecule has 0 spiro atoms. The van der Waals surface area contributed by atoms with Crippen molar-refractivity contribution in [3.8, 4) is 0 Å². The first kappa shape index (κ1) is 6.48. The maximum Gasteiger partial charge on any atom is 0.179 e. The second-order valence-electron chi connectivity index (χ2n) is 2.39. The summed E-state index contributed by atoms with van der Waals surface area (Å²) in [5.41, 5.74) is 1.58. The lowest BCUT2D eigenvalue weighted by Crippen LogP contribution is -2.16. The zero-order chi connectivity index (χ0) is 8.01. The highest BCUT2D eigenvalue weighted by Crippen LogP contribution is 2.47. The maximum atomic E-state index is 12.6. The zero-order valence-electron chi connectivity index (χ0n) is 6.24. The molecule has 1 aliphatic heterocycles. The van der Waals surface area contributed by atoms with Crippen LogP contribution in [0.1, 0.15) is 5.69 Å². The number of anilines is 2. The van der Waals surface area contributed by atoms with Gasteiger partial charge in [0.2, 0.25) is 0 Å². The lowest BCUT2D eigenvalue weighted by molar-refractivity contribution is 0.0705.